The Labute approximate surface area is 208 Å². The van der Waals surface area contributed by atoms with Gasteiger partial charge in [-0.3, -0.25) is 0 Å². The number of ether oxygens (including phenoxy) is 2. The molecule has 3 aromatic rings. The van der Waals surface area contributed by atoms with Gasteiger partial charge in [0.1, 0.15) is 21.5 Å². The minimum Gasteiger partial charge on any atom is -0.496 e. The molecule has 2 aromatic heterocycles. The summed E-state index contributed by atoms with van der Waals surface area (Å²) in [5.74, 6) is 1.76. The van der Waals surface area contributed by atoms with Crippen LogP contribution in [0.2, 0.25) is 5.02 Å². The number of aromatic nitrogens is 1. The summed E-state index contributed by atoms with van der Waals surface area (Å²) in [6.45, 7) is 3.65. The SMILES string of the molecule is COc1cc(CNS(=O)(=O)c2cc3c(N4CCN(C)CC4)nccc3s2)c(OC)cc1Cl.Cl. The van der Waals surface area contributed by atoms with Gasteiger partial charge in [0, 0.05) is 60.6 Å². The van der Waals surface area contributed by atoms with Gasteiger partial charge < -0.3 is 19.3 Å². The summed E-state index contributed by atoms with van der Waals surface area (Å²) in [5.41, 5.74) is 0.623. The molecule has 1 aliphatic heterocycles. The maximum atomic E-state index is 13.1. The Morgan fingerprint density at radius 1 is 1.12 bits per heavy atom. The van der Waals surface area contributed by atoms with Crippen LogP contribution in [0.25, 0.3) is 10.1 Å². The van der Waals surface area contributed by atoms with Crippen LogP contribution in [0.5, 0.6) is 11.5 Å². The van der Waals surface area contributed by atoms with E-state index >= 15 is 0 Å². The first-order chi connectivity index (χ1) is 15.3. The number of likely N-dealkylation sites (N-methyl/N-ethyl adjacent to an activating group) is 1. The highest BCUT2D eigenvalue weighted by Crippen LogP contribution is 2.35. The van der Waals surface area contributed by atoms with Crippen LogP contribution in [-0.2, 0) is 16.6 Å². The van der Waals surface area contributed by atoms with Crippen molar-refractivity contribution in [3.63, 3.8) is 0 Å². The first-order valence-corrected chi connectivity index (χ1v) is 12.7. The van der Waals surface area contributed by atoms with Crippen LogP contribution >= 0.6 is 35.3 Å². The van der Waals surface area contributed by atoms with E-state index in [2.05, 4.69) is 26.6 Å². The summed E-state index contributed by atoms with van der Waals surface area (Å²) < 4.78 is 40.6. The van der Waals surface area contributed by atoms with Crippen molar-refractivity contribution in [2.24, 2.45) is 0 Å². The molecule has 3 heterocycles. The molecular weight excluding hydrogens is 507 g/mol. The van der Waals surface area contributed by atoms with E-state index in [1.54, 1.807) is 24.4 Å². The summed E-state index contributed by atoms with van der Waals surface area (Å²) in [5, 5.41) is 1.25. The summed E-state index contributed by atoms with van der Waals surface area (Å²) in [6, 6.07) is 6.84. The number of methoxy groups -OCH3 is 2. The second-order valence-corrected chi connectivity index (χ2v) is 11.0. The van der Waals surface area contributed by atoms with E-state index in [1.807, 2.05) is 6.07 Å². The Kier molecular flexibility index (Phi) is 8.31. The molecule has 0 atom stereocenters. The highest BCUT2D eigenvalue weighted by molar-refractivity contribution is 7.91. The number of nitrogens with one attached hydrogen (secondary N) is 1. The molecule has 1 N–H and O–H groups in total. The van der Waals surface area contributed by atoms with Gasteiger partial charge in [-0.15, -0.1) is 23.7 Å². The number of hydrogen-bond acceptors (Lipinski definition) is 8. The molecule has 12 heteroatoms. The second-order valence-electron chi connectivity index (χ2n) is 7.53. The fourth-order valence-electron chi connectivity index (χ4n) is 3.63. The Morgan fingerprint density at radius 2 is 1.82 bits per heavy atom. The third-order valence-corrected chi connectivity index (χ3v) is 8.75. The Hall–Kier alpha value is -1.82. The lowest BCUT2D eigenvalue weighted by atomic mass is 10.2. The van der Waals surface area contributed by atoms with Crippen LogP contribution in [0.15, 0.2) is 34.7 Å². The Balaban J connectivity index is 0.00000306. The molecule has 0 radical (unpaired) electrons. The molecule has 4 rings (SSSR count). The maximum Gasteiger partial charge on any atom is 0.250 e. The maximum absolute atomic E-state index is 13.1. The van der Waals surface area contributed by atoms with Crippen molar-refractivity contribution in [1.82, 2.24) is 14.6 Å². The molecule has 180 valence electrons. The molecule has 8 nitrogen and oxygen atoms in total. The first kappa shape index (κ1) is 25.8. The number of fused-ring (bicyclic) bond motifs is 1. The van der Waals surface area contributed by atoms with Gasteiger partial charge in [0.15, 0.2) is 0 Å². The van der Waals surface area contributed by atoms with E-state index in [-0.39, 0.29) is 23.2 Å². The molecule has 1 saturated heterocycles. The molecule has 1 fully saturated rings. The van der Waals surface area contributed by atoms with Crippen LogP contribution < -0.4 is 19.1 Å². The van der Waals surface area contributed by atoms with Crippen LogP contribution in [0, 0.1) is 0 Å². The largest absolute Gasteiger partial charge is 0.496 e. The number of halogens is 2. The molecule has 0 aliphatic carbocycles. The van der Waals surface area contributed by atoms with E-state index in [0.717, 1.165) is 42.1 Å². The van der Waals surface area contributed by atoms with Crippen LogP contribution in [0.1, 0.15) is 5.56 Å². The first-order valence-electron chi connectivity index (χ1n) is 10.0. The van der Waals surface area contributed by atoms with Gasteiger partial charge in [-0.1, -0.05) is 11.6 Å². The molecule has 0 saturated carbocycles. The van der Waals surface area contributed by atoms with Gasteiger partial charge in [-0.05, 0) is 25.2 Å². The average molecular weight is 534 g/mol. The minimum atomic E-state index is -3.75. The predicted octanol–water partition coefficient (Wildman–Crippen LogP) is 3.62. The monoisotopic (exact) mass is 532 g/mol. The number of piperazine rings is 1. The average Bonchev–Trinajstić information content (AvgIpc) is 3.24. The topological polar surface area (TPSA) is 84.0 Å². The van der Waals surface area contributed by atoms with E-state index in [9.17, 15) is 8.42 Å². The van der Waals surface area contributed by atoms with Crippen molar-refractivity contribution in [3.05, 3.63) is 41.0 Å². The standard InChI is InChI=1S/C21H25ClN4O4S2.ClH/c1-25-6-8-26(9-7-25)21-15-11-20(31-19(15)4-5-23-21)32(27,28)24-13-14-10-18(30-3)16(22)12-17(14)29-2;/h4-5,10-12,24H,6-9,13H2,1-3H3;1H. The van der Waals surface area contributed by atoms with E-state index in [0.29, 0.717) is 22.1 Å². The van der Waals surface area contributed by atoms with Crippen molar-refractivity contribution in [1.29, 1.82) is 0 Å². The fourth-order valence-corrected chi connectivity index (χ4v) is 6.29. The van der Waals surface area contributed by atoms with E-state index < -0.39 is 10.0 Å². The summed E-state index contributed by atoms with van der Waals surface area (Å²) in [7, 11) is 1.36. The van der Waals surface area contributed by atoms with Gasteiger partial charge >= 0.3 is 0 Å². The Morgan fingerprint density at radius 3 is 2.48 bits per heavy atom. The van der Waals surface area contributed by atoms with Gasteiger partial charge in [-0.2, -0.15) is 0 Å². The zero-order valence-corrected chi connectivity index (χ0v) is 21.7. The van der Waals surface area contributed by atoms with Crippen molar-refractivity contribution >= 4 is 61.3 Å². The minimum absolute atomic E-state index is 0. The number of thiophene rings is 1. The number of benzene rings is 1. The summed E-state index contributed by atoms with van der Waals surface area (Å²) in [4.78, 5) is 9.03. The number of anilines is 1. The van der Waals surface area contributed by atoms with Crippen molar-refractivity contribution in [2.75, 3.05) is 52.3 Å². The van der Waals surface area contributed by atoms with Crippen molar-refractivity contribution in [3.8, 4) is 11.5 Å². The Bertz CT molecular complexity index is 1230. The quantitative estimate of drug-likeness (QED) is 0.497. The fraction of sp³-hybridized carbons (Fsp3) is 0.381. The lowest BCUT2D eigenvalue weighted by molar-refractivity contribution is 0.312. The lowest BCUT2D eigenvalue weighted by Crippen LogP contribution is -2.44. The number of sulfonamides is 1. The molecule has 0 bridgehead atoms. The van der Waals surface area contributed by atoms with Gasteiger partial charge in [0.05, 0.1) is 19.2 Å². The molecular formula is C21H26Cl2N4O4S2. The number of pyridine rings is 1. The van der Waals surface area contributed by atoms with Gasteiger partial charge in [0.2, 0.25) is 10.0 Å². The van der Waals surface area contributed by atoms with Crippen LogP contribution in [-0.4, -0.2) is 65.7 Å². The zero-order chi connectivity index (χ0) is 22.9. The molecule has 33 heavy (non-hydrogen) atoms. The third-order valence-electron chi connectivity index (χ3n) is 5.48. The summed E-state index contributed by atoms with van der Waals surface area (Å²) in [6.07, 6.45) is 1.74. The van der Waals surface area contributed by atoms with Gasteiger partial charge in [-0.25, -0.2) is 18.1 Å². The van der Waals surface area contributed by atoms with Crippen LogP contribution in [0.4, 0.5) is 5.82 Å². The van der Waals surface area contributed by atoms with Crippen LogP contribution in [0.3, 0.4) is 0 Å². The third kappa shape index (κ3) is 5.47. The smallest absolute Gasteiger partial charge is 0.250 e. The van der Waals surface area contributed by atoms with Gasteiger partial charge in [0.25, 0.3) is 0 Å². The highest BCUT2D eigenvalue weighted by Gasteiger charge is 2.23. The lowest BCUT2D eigenvalue weighted by Gasteiger charge is -2.33. The number of nitrogens with zero attached hydrogens (tertiary/aromatic N) is 3. The molecule has 0 unspecified atom stereocenters. The summed E-state index contributed by atoms with van der Waals surface area (Å²) >= 11 is 7.38. The van der Waals surface area contributed by atoms with Crippen molar-refractivity contribution < 1.29 is 17.9 Å². The molecule has 0 amide bonds. The molecule has 0 spiro atoms. The second kappa shape index (κ2) is 10.6. The number of rotatable bonds is 7. The molecule has 1 aliphatic rings. The number of hydrogen-bond donors (Lipinski definition) is 1. The highest BCUT2D eigenvalue weighted by atomic mass is 35.5. The zero-order valence-electron chi connectivity index (χ0n) is 18.5. The predicted molar refractivity (Wildman–Crippen MR) is 135 cm³/mol. The normalized spacial score (nSPS) is 14.8. The van der Waals surface area contributed by atoms with E-state index in [1.165, 1.54) is 25.6 Å². The molecule has 1 aromatic carbocycles. The van der Waals surface area contributed by atoms with Crippen molar-refractivity contribution in [2.45, 2.75) is 10.8 Å². The van der Waals surface area contributed by atoms with E-state index in [4.69, 9.17) is 21.1 Å².